The summed E-state index contributed by atoms with van der Waals surface area (Å²) in [4.78, 5) is 4.54. The van der Waals surface area contributed by atoms with Crippen molar-refractivity contribution in [1.29, 1.82) is 0 Å². The first-order valence-corrected chi connectivity index (χ1v) is 8.46. The van der Waals surface area contributed by atoms with E-state index in [0.717, 1.165) is 23.9 Å². The molecule has 3 heteroatoms. The Kier molecular flexibility index (Phi) is 6.27. The van der Waals surface area contributed by atoms with E-state index in [1.165, 1.54) is 16.7 Å². The van der Waals surface area contributed by atoms with E-state index in [1.807, 2.05) is 6.20 Å². The number of hydrogen-bond donors (Lipinski definition) is 1. The molecule has 0 atom stereocenters. The maximum atomic E-state index is 4.54. The van der Waals surface area contributed by atoms with E-state index in [1.54, 1.807) is 11.8 Å². The maximum absolute atomic E-state index is 4.54. The van der Waals surface area contributed by atoms with Crippen molar-refractivity contribution in [2.24, 2.45) is 5.92 Å². The summed E-state index contributed by atoms with van der Waals surface area (Å²) >= 11 is 1.79. The van der Waals surface area contributed by atoms with E-state index < -0.39 is 0 Å². The van der Waals surface area contributed by atoms with Crippen molar-refractivity contribution >= 4 is 11.8 Å². The molecule has 0 unspecified atom stereocenters. The van der Waals surface area contributed by atoms with Crippen LogP contribution in [0, 0.1) is 12.8 Å². The second-order valence-corrected chi connectivity index (χ2v) is 6.80. The van der Waals surface area contributed by atoms with Crippen LogP contribution in [-0.2, 0) is 12.3 Å². The van der Waals surface area contributed by atoms with Crippen LogP contribution in [0.4, 0.5) is 0 Å². The first-order chi connectivity index (χ1) is 10.1. The normalized spacial score (nSPS) is 11.0. The lowest BCUT2D eigenvalue weighted by atomic mass is 10.2. The summed E-state index contributed by atoms with van der Waals surface area (Å²) in [5.74, 6) is 1.65. The first-order valence-electron chi connectivity index (χ1n) is 7.47. The van der Waals surface area contributed by atoms with E-state index >= 15 is 0 Å². The summed E-state index contributed by atoms with van der Waals surface area (Å²) in [6.45, 7) is 8.51. The third-order valence-corrected chi connectivity index (χ3v) is 4.16. The fourth-order valence-corrected chi connectivity index (χ4v) is 2.85. The van der Waals surface area contributed by atoms with Gasteiger partial charge in [-0.15, -0.1) is 11.8 Å². The summed E-state index contributed by atoms with van der Waals surface area (Å²) in [6, 6.07) is 12.9. The van der Waals surface area contributed by atoms with E-state index in [-0.39, 0.29) is 0 Å². The van der Waals surface area contributed by atoms with Gasteiger partial charge in [0.2, 0.25) is 0 Å². The molecule has 112 valence electrons. The average Bonchev–Trinajstić information content (AvgIpc) is 2.46. The smallest absolute Gasteiger partial charge is 0.0963 e. The Morgan fingerprint density at radius 3 is 2.67 bits per heavy atom. The summed E-state index contributed by atoms with van der Waals surface area (Å²) in [7, 11) is 0. The van der Waals surface area contributed by atoms with E-state index in [2.05, 4.69) is 67.5 Å². The molecule has 1 aromatic heterocycles. The van der Waals surface area contributed by atoms with Crippen LogP contribution in [0.1, 0.15) is 30.5 Å². The van der Waals surface area contributed by atoms with Gasteiger partial charge in [-0.3, -0.25) is 0 Å². The zero-order chi connectivity index (χ0) is 15.1. The SMILES string of the molecule is Cc1cccc(CSc2ccc(CNCC(C)C)cn2)c1. The molecule has 0 spiro atoms. The van der Waals surface area contributed by atoms with Gasteiger partial charge in [-0.1, -0.05) is 49.7 Å². The quantitative estimate of drug-likeness (QED) is 0.766. The molecule has 21 heavy (non-hydrogen) atoms. The van der Waals surface area contributed by atoms with Crippen molar-refractivity contribution in [2.45, 2.75) is 38.1 Å². The molecule has 0 amide bonds. The van der Waals surface area contributed by atoms with Crippen LogP contribution < -0.4 is 5.32 Å². The Morgan fingerprint density at radius 1 is 1.14 bits per heavy atom. The number of nitrogens with zero attached hydrogens (tertiary/aromatic N) is 1. The van der Waals surface area contributed by atoms with Crippen molar-refractivity contribution in [3.63, 3.8) is 0 Å². The molecular weight excluding hydrogens is 276 g/mol. The van der Waals surface area contributed by atoms with Crippen LogP contribution in [0.3, 0.4) is 0 Å². The van der Waals surface area contributed by atoms with Gasteiger partial charge in [0.05, 0.1) is 5.03 Å². The molecule has 2 aromatic rings. The molecule has 0 radical (unpaired) electrons. The van der Waals surface area contributed by atoms with Gasteiger partial charge >= 0.3 is 0 Å². The van der Waals surface area contributed by atoms with Gasteiger partial charge in [-0.05, 0) is 36.6 Å². The van der Waals surface area contributed by atoms with Crippen LogP contribution in [0.5, 0.6) is 0 Å². The number of nitrogens with one attached hydrogen (secondary N) is 1. The third-order valence-electron chi connectivity index (χ3n) is 3.15. The van der Waals surface area contributed by atoms with Crippen LogP contribution in [-0.4, -0.2) is 11.5 Å². The van der Waals surface area contributed by atoms with Crippen molar-refractivity contribution in [2.75, 3.05) is 6.54 Å². The van der Waals surface area contributed by atoms with Gasteiger partial charge in [0, 0.05) is 18.5 Å². The van der Waals surface area contributed by atoms with E-state index in [9.17, 15) is 0 Å². The molecule has 0 fully saturated rings. The number of rotatable bonds is 7. The minimum Gasteiger partial charge on any atom is -0.312 e. The molecule has 0 saturated carbocycles. The molecule has 0 aliphatic heterocycles. The van der Waals surface area contributed by atoms with Gasteiger partial charge in [0.1, 0.15) is 0 Å². The Labute approximate surface area is 132 Å². The molecule has 2 rings (SSSR count). The zero-order valence-electron chi connectivity index (χ0n) is 13.1. The van der Waals surface area contributed by atoms with Gasteiger partial charge in [0.15, 0.2) is 0 Å². The number of hydrogen-bond acceptors (Lipinski definition) is 3. The molecule has 0 aliphatic rings. The highest BCUT2D eigenvalue weighted by molar-refractivity contribution is 7.98. The minimum atomic E-state index is 0.683. The number of aryl methyl sites for hydroxylation is 1. The fourth-order valence-electron chi connectivity index (χ4n) is 2.07. The summed E-state index contributed by atoms with van der Waals surface area (Å²) in [5, 5.41) is 4.52. The number of thioether (sulfide) groups is 1. The highest BCUT2D eigenvalue weighted by atomic mass is 32.2. The Balaban J connectivity index is 1.82. The van der Waals surface area contributed by atoms with E-state index in [4.69, 9.17) is 0 Å². The first kappa shape index (κ1) is 16.1. The van der Waals surface area contributed by atoms with Crippen molar-refractivity contribution < 1.29 is 0 Å². The summed E-state index contributed by atoms with van der Waals surface area (Å²) < 4.78 is 0. The van der Waals surface area contributed by atoms with Crippen LogP contribution >= 0.6 is 11.8 Å². The largest absolute Gasteiger partial charge is 0.312 e. The van der Waals surface area contributed by atoms with Gasteiger partial charge in [0.25, 0.3) is 0 Å². The molecule has 0 saturated heterocycles. The number of pyridine rings is 1. The molecule has 0 aliphatic carbocycles. The molecular formula is C18H24N2S. The van der Waals surface area contributed by atoms with Crippen LogP contribution in [0.2, 0.25) is 0 Å². The standard InChI is InChI=1S/C18H24N2S/c1-14(2)10-19-11-17-7-8-18(20-12-17)21-13-16-6-4-5-15(3)9-16/h4-9,12,14,19H,10-11,13H2,1-3H3. The lowest BCUT2D eigenvalue weighted by Crippen LogP contribution is -2.18. The Bertz CT molecular complexity index is 549. The number of aromatic nitrogens is 1. The van der Waals surface area contributed by atoms with Gasteiger partial charge in [-0.25, -0.2) is 4.98 Å². The summed E-state index contributed by atoms with van der Waals surface area (Å²) in [6.07, 6.45) is 1.98. The van der Waals surface area contributed by atoms with Crippen molar-refractivity contribution in [3.8, 4) is 0 Å². The van der Waals surface area contributed by atoms with Crippen LogP contribution in [0.25, 0.3) is 0 Å². The van der Waals surface area contributed by atoms with E-state index in [0.29, 0.717) is 5.92 Å². The molecule has 1 N–H and O–H groups in total. The lowest BCUT2D eigenvalue weighted by molar-refractivity contribution is 0.551. The highest BCUT2D eigenvalue weighted by Gasteiger charge is 2.00. The second-order valence-electron chi connectivity index (χ2n) is 5.81. The topological polar surface area (TPSA) is 24.9 Å². The number of benzene rings is 1. The fraction of sp³-hybridized carbons (Fsp3) is 0.389. The highest BCUT2D eigenvalue weighted by Crippen LogP contribution is 2.21. The Hall–Kier alpha value is -1.32. The van der Waals surface area contributed by atoms with Crippen molar-refractivity contribution in [1.82, 2.24) is 10.3 Å². The summed E-state index contributed by atoms with van der Waals surface area (Å²) in [5.41, 5.74) is 3.91. The molecule has 2 nitrogen and oxygen atoms in total. The Morgan fingerprint density at radius 2 is 2.00 bits per heavy atom. The molecule has 1 heterocycles. The average molecular weight is 300 g/mol. The maximum Gasteiger partial charge on any atom is 0.0963 e. The molecule has 1 aromatic carbocycles. The third kappa shape index (κ3) is 5.90. The predicted molar refractivity (Wildman–Crippen MR) is 91.5 cm³/mol. The second kappa shape index (κ2) is 8.20. The van der Waals surface area contributed by atoms with Crippen LogP contribution in [0.15, 0.2) is 47.6 Å². The zero-order valence-corrected chi connectivity index (χ0v) is 13.9. The van der Waals surface area contributed by atoms with Gasteiger partial charge in [-0.2, -0.15) is 0 Å². The monoisotopic (exact) mass is 300 g/mol. The predicted octanol–water partition coefficient (Wildman–Crippen LogP) is 4.43. The van der Waals surface area contributed by atoms with Gasteiger partial charge < -0.3 is 5.32 Å². The molecule has 0 bridgehead atoms. The van der Waals surface area contributed by atoms with Crippen molar-refractivity contribution in [3.05, 3.63) is 59.3 Å². The lowest BCUT2D eigenvalue weighted by Gasteiger charge is -2.08. The minimum absolute atomic E-state index is 0.683.